The van der Waals surface area contributed by atoms with Gasteiger partial charge in [0.1, 0.15) is 34.5 Å². The molecule has 0 aliphatic rings. The van der Waals surface area contributed by atoms with Gasteiger partial charge in [-0.05, 0) is 20.8 Å². The van der Waals surface area contributed by atoms with Crippen molar-refractivity contribution in [3.63, 3.8) is 0 Å². The second-order valence-corrected chi connectivity index (χ2v) is 4.75. The van der Waals surface area contributed by atoms with Crippen LogP contribution in [0.4, 0.5) is 0 Å². The summed E-state index contributed by atoms with van der Waals surface area (Å²) < 4.78 is 12.0. The SMILES string of the molecule is [B]OC(=C(C#N)c1nc(C)oc1C)c1c(C)c(C)nn1C. The summed E-state index contributed by atoms with van der Waals surface area (Å²) in [5.41, 5.74) is 3.02. The van der Waals surface area contributed by atoms with Crippen molar-refractivity contribution in [2.24, 2.45) is 7.05 Å². The number of aromatic nitrogens is 3. The Hall–Kier alpha value is -2.49. The minimum Gasteiger partial charge on any atom is -0.565 e. The van der Waals surface area contributed by atoms with Crippen LogP contribution in [-0.2, 0) is 11.7 Å². The van der Waals surface area contributed by atoms with Crippen molar-refractivity contribution >= 4 is 19.4 Å². The van der Waals surface area contributed by atoms with Gasteiger partial charge in [-0.3, -0.25) is 4.68 Å². The lowest BCUT2D eigenvalue weighted by Gasteiger charge is -2.11. The third kappa shape index (κ3) is 2.45. The maximum Gasteiger partial charge on any atom is 0.374 e. The molecule has 0 saturated heterocycles. The largest absolute Gasteiger partial charge is 0.565 e. The molecule has 0 amide bonds. The molecule has 2 radical (unpaired) electrons. The normalized spacial score (nSPS) is 12.0. The molecule has 0 saturated carbocycles. The molecule has 0 fully saturated rings. The molecule has 0 bridgehead atoms. The van der Waals surface area contributed by atoms with Gasteiger partial charge < -0.3 is 9.07 Å². The Labute approximate surface area is 124 Å². The van der Waals surface area contributed by atoms with Gasteiger partial charge in [-0.1, -0.05) is 0 Å². The van der Waals surface area contributed by atoms with Crippen LogP contribution in [0.25, 0.3) is 11.3 Å². The second-order valence-electron chi connectivity index (χ2n) is 4.75. The lowest BCUT2D eigenvalue weighted by molar-refractivity contribution is 0.494. The Morgan fingerprint density at radius 2 is 2.00 bits per heavy atom. The summed E-state index contributed by atoms with van der Waals surface area (Å²) in [7, 11) is 7.18. The molecule has 0 atom stereocenters. The van der Waals surface area contributed by atoms with Gasteiger partial charge in [0.15, 0.2) is 5.89 Å². The zero-order chi connectivity index (χ0) is 15.7. The van der Waals surface area contributed by atoms with Gasteiger partial charge in [0, 0.05) is 19.5 Å². The van der Waals surface area contributed by atoms with Crippen molar-refractivity contribution in [1.82, 2.24) is 14.8 Å². The topological polar surface area (TPSA) is 76.9 Å². The van der Waals surface area contributed by atoms with Crippen LogP contribution >= 0.6 is 0 Å². The van der Waals surface area contributed by atoms with Crippen LogP contribution in [0, 0.1) is 39.0 Å². The summed E-state index contributed by atoms with van der Waals surface area (Å²) in [5, 5.41) is 13.8. The maximum atomic E-state index is 9.51. The van der Waals surface area contributed by atoms with Crippen molar-refractivity contribution in [3.05, 3.63) is 34.3 Å². The molecular formula is C14H15BN4O2. The first-order valence-corrected chi connectivity index (χ1v) is 6.36. The van der Waals surface area contributed by atoms with Crippen LogP contribution in [0.15, 0.2) is 4.42 Å². The lowest BCUT2D eigenvalue weighted by atomic mass is 10.1. The molecule has 0 aliphatic heterocycles. The zero-order valence-corrected chi connectivity index (χ0v) is 12.7. The van der Waals surface area contributed by atoms with E-state index in [9.17, 15) is 5.26 Å². The molecule has 0 unspecified atom stereocenters. The van der Waals surface area contributed by atoms with Gasteiger partial charge in [-0.15, -0.1) is 0 Å². The monoisotopic (exact) mass is 282 g/mol. The van der Waals surface area contributed by atoms with Crippen LogP contribution < -0.4 is 0 Å². The fourth-order valence-corrected chi connectivity index (χ4v) is 2.29. The number of nitrogens with zero attached hydrogens (tertiary/aromatic N) is 4. The Bertz CT molecular complexity index is 765. The molecule has 6 nitrogen and oxygen atoms in total. The van der Waals surface area contributed by atoms with Gasteiger partial charge in [0.05, 0.1) is 5.69 Å². The van der Waals surface area contributed by atoms with E-state index in [4.69, 9.17) is 17.1 Å². The fraction of sp³-hybridized carbons (Fsp3) is 0.357. The highest BCUT2D eigenvalue weighted by atomic mass is 16.4. The Kier molecular flexibility index (Phi) is 3.89. The van der Waals surface area contributed by atoms with Crippen molar-refractivity contribution in [3.8, 4) is 6.07 Å². The predicted molar refractivity (Wildman–Crippen MR) is 77.9 cm³/mol. The molecule has 7 heteroatoms. The highest BCUT2D eigenvalue weighted by Crippen LogP contribution is 2.30. The first-order chi connectivity index (χ1) is 9.90. The van der Waals surface area contributed by atoms with Crippen LogP contribution in [0.2, 0.25) is 0 Å². The van der Waals surface area contributed by atoms with Crippen molar-refractivity contribution in [2.45, 2.75) is 27.7 Å². The molecule has 21 heavy (non-hydrogen) atoms. The van der Waals surface area contributed by atoms with E-state index in [1.165, 1.54) is 0 Å². The van der Waals surface area contributed by atoms with Gasteiger partial charge in [0.2, 0.25) is 0 Å². The average molecular weight is 282 g/mol. The van der Waals surface area contributed by atoms with Gasteiger partial charge in [-0.25, -0.2) is 4.98 Å². The summed E-state index contributed by atoms with van der Waals surface area (Å²) in [6.45, 7) is 7.23. The summed E-state index contributed by atoms with van der Waals surface area (Å²) in [6, 6.07) is 2.10. The molecule has 2 rings (SSSR count). The van der Waals surface area contributed by atoms with Gasteiger partial charge in [-0.2, -0.15) is 10.4 Å². The number of aryl methyl sites for hydroxylation is 4. The number of hydrogen-bond donors (Lipinski definition) is 0. The molecule has 2 aromatic rings. The molecule has 0 aliphatic carbocycles. The van der Waals surface area contributed by atoms with Crippen LogP contribution in [0.3, 0.4) is 0 Å². The average Bonchev–Trinajstić information content (AvgIpc) is 2.88. The van der Waals surface area contributed by atoms with Crippen LogP contribution in [-0.4, -0.2) is 22.8 Å². The van der Waals surface area contributed by atoms with E-state index in [1.54, 1.807) is 25.6 Å². The first-order valence-electron chi connectivity index (χ1n) is 6.36. The maximum absolute atomic E-state index is 9.51. The number of rotatable bonds is 3. The van der Waals surface area contributed by atoms with Crippen molar-refractivity contribution < 1.29 is 9.07 Å². The summed E-state index contributed by atoms with van der Waals surface area (Å²) in [4.78, 5) is 4.23. The van der Waals surface area contributed by atoms with Crippen LogP contribution in [0.1, 0.15) is 34.3 Å². The van der Waals surface area contributed by atoms with E-state index in [0.29, 0.717) is 23.0 Å². The lowest BCUT2D eigenvalue weighted by Crippen LogP contribution is -2.04. The van der Waals surface area contributed by atoms with E-state index in [1.807, 2.05) is 13.8 Å². The number of hydrogen-bond acceptors (Lipinski definition) is 5. The molecule has 0 N–H and O–H groups in total. The first kappa shape index (κ1) is 14.9. The van der Waals surface area contributed by atoms with Crippen LogP contribution in [0.5, 0.6) is 0 Å². The molecule has 2 aromatic heterocycles. The highest BCUT2D eigenvalue weighted by molar-refractivity contribution is 6.06. The second kappa shape index (κ2) is 5.48. The Morgan fingerprint density at radius 1 is 1.33 bits per heavy atom. The number of allylic oxidation sites excluding steroid dienone is 1. The van der Waals surface area contributed by atoms with E-state index < -0.39 is 0 Å². The molecule has 0 spiro atoms. The quantitative estimate of drug-likeness (QED) is 0.489. The Morgan fingerprint density at radius 3 is 2.38 bits per heavy atom. The standard InChI is InChI=1S/C14H15BN4O2/c1-7-8(2)18-19(5)13(7)14(21-15)11(6-16)12-9(3)20-10(4)17-12/h1-5H3. The minimum absolute atomic E-state index is 0.220. The highest BCUT2D eigenvalue weighted by Gasteiger charge is 2.23. The minimum atomic E-state index is 0.220. The molecule has 2 heterocycles. The van der Waals surface area contributed by atoms with E-state index in [0.717, 1.165) is 11.3 Å². The zero-order valence-electron chi connectivity index (χ0n) is 12.7. The Balaban J connectivity index is 2.77. The summed E-state index contributed by atoms with van der Waals surface area (Å²) >= 11 is 0. The number of nitriles is 1. The van der Waals surface area contributed by atoms with E-state index in [2.05, 4.69) is 16.2 Å². The summed E-state index contributed by atoms with van der Waals surface area (Å²) in [6.07, 6.45) is 0. The number of oxazole rings is 1. The van der Waals surface area contributed by atoms with Gasteiger partial charge >= 0.3 is 8.05 Å². The molecule has 0 aromatic carbocycles. The van der Waals surface area contributed by atoms with E-state index >= 15 is 0 Å². The third-order valence-corrected chi connectivity index (χ3v) is 3.33. The van der Waals surface area contributed by atoms with Crippen molar-refractivity contribution in [2.75, 3.05) is 0 Å². The van der Waals surface area contributed by atoms with Crippen molar-refractivity contribution in [1.29, 1.82) is 5.26 Å². The third-order valence-electron chi connectivity index (χ3n) is 3.33. The summed E-state index contributed by atoms with van der Waals surface area (Å²) in [5.74, 6) is 1.24. The smallest absolute Gasteiger partial charge is 0.374 e. The molecular weight excluding hydrogens is 267 g/mol. The predicted octanol–water partition coefficient (Wildman–Crippen LogP) is 2.13. The van der Waals surface area contributed by atoms with E-state index in [-0.39, 0.29) is 11.3 Å². The fourth-order valence-electron chi connectivity index (χ4n) is 2.29. The van der Waals surface area contributed by atoms with Gasteiger partial charge in [0.25, 0.3) is 0 Å². The molecule has 106 valence electrons.